The lowest BCUT2D eigenvalue weighted by Crippen LogP contribution is -2.41. The molecule has 3 aromatic rings. The first-order valence-electron chi connectivity index (χ1n) is 8.83. The van der Waals surface area contributed by atoms with Crippen molar-refractivity contribution < 1.29 is 27.1 Å². The predicted octanol–water partition coefficient (Wildman–Crippen LogP) is 3.14. The SMILES string of the molecule is COc1ccc(S(=O)(=O)NNC(=O)c2ccc(-c3ccc(F)cc3)s2)cc1NC(C)=O. The van der Waals surface area contributed by atoms with E-state index in [1.807, 2.05) is 4.83 Å². The molecule has 0 radical (unpaired) electrons. The molecule has 11 heteroatoms. The number of hydrazine groups is 1. The standard InChI is InChI=1S/C20H18FN3O5S2/c1-12(25)22-16-11-15(7-8-17(16)29-2)31(27,28)24-23-20(26)19-10-9-18(30-19)13-3-5-14(21)6-4-13/h3-11,24H,1-2H3,(H,22,25)(H,23,26). The number of hydrogen-bond donors (Lipinski definition) is 3. The van der Waals surface area contributed by atoms with Gasteiger partial charge in [0, 0.05) is 11.8 Å². The van der Waals surface area contributed by atoms with Crippen LogP contribution in [-0.4, -0.2) is 27.3 Å². The number of carbonyl (C=O) groups is 2. The Morgan fingerprint density at radius 2 is 1.74 bits per heavy atom. The monoisotopic (exact) mass is 463 g/mol. The number of thiophene rings is 1. The second kappa shape index (κ2) is 9.25. The van der Waals surface area contributed by atoms with E-state index in [9.17, 15) is 22.4 Å². The average molecular weight is 464 g/mol. The van der Waals surface area contributed by atoms with E-state index in [-0.39, 0.29) is 27.0 Å². The van der Waals surface area contributed by atoms with Crippen molar-refractivity contribution in [1.29, 1.82) is 0 Å². The number of amides is 2. The molecule has 0 unspecified atom stereocenters. The summed E-state index contributed by atoms with van der Waals surface area (Å²) in [5.41, 5.74) is 3.06. The highest BCUT2D eigenvalue weighted by Crippen LogP contribution is 2.29. The molecule has 2 amide bonds. The van der Waals surface area contributed by atoms with Crippen LogP contribution in [0.15, 0.2) is 59.5 Å². The number of rotatable bonds is 7. The van der Waals surface area contributed by atoms with E-state index in [4.69, 9.17) is 4.74 Å². The minimum absolute atomic E-state index is 0.173. The van der Waals surface area contributed by atoms with Gasteiger partial charge in [-0.3, -0.25) is 15.0 Å². The van der Waals surface area contributed by atoms with Crippen LogP contribution in [0.4, 0.5) is 10.1 Å². The van der Waals surface area contributed by atoms with Crippen LogP contribution in [0.3, 0.4) is 0 Å². The first-order chi connectivity index (χ1) is 14.7. The summed E-state index contributed by atoms with van der Waals surface area (Å²) >= 11 is 1.13. The molecule has 0 fully saturated rings. The van der Waals surface area contributed by atoms with Crippen molar-refractivity contribution in [3.8, 4) is 16.2 Å². The molecule has 1 aromatic heterocycles. The molecule has 3 N–H and O–H groups in total. The molecular formula is C20H18FN3O5S2. The molecule has 0 aliphatic carbocycles. The smallest absolute Gasteiger partial charge is 0.276 e. The van der Waals surface area contributed by atoms with Gasteiger partial charge in [-0.25, -0.2) is 12.8 Å². The first-order valence-corrected chi connectivity index (χ1v) is 11.1. The number of anilines is 1. The topological polar surface area (TPSA) is 114 Å². The van der Waals surface area contributed by atoms with Crippen LogP contribution in [0.2, 0.25) is 0 Å². The van der Waals surface area contributed by atoms with Crippen molar-refractivity contribution in [2.45, 2.75) is 11.8 Å². The van der Waals surface area contributed by atoms with E-state index < -0.39 is 21.8 Å². The summed E-state index contributed by atoms with van der Waals surface area (Å²) in [6.45, 7) is 1.28. The summed E-state index contributed by atoms with van der Waals surface area (Å²) in [5, 5.41) is 2.48. The van der Waals surface area contributed by atoms with Crippen molar-refractivity contribution in [2.75, 3.05) is 12.4 Å². The minimum Gasteiger partial charge on any atom is -0.495 e. The van der Waals surface area contributed by atoms with Crippen molar-refractivity contribution in [3.05, 3.63) is 65.3 Å². The van der Waals surface area contributed by atoms with E-state index in [0.717, 1.165) is 21.8 Å². The molecule has 0 atom stereocenters. The fourth-order valence-electron chi connectivity index (χ4n) is 2.60. The molecule has 0 saturated heterocycles. The van der Waals surface area contributed by atoms with Gasteiger partial charge in [0.1, 0.15) is 11.6 Å². The number of halogens is 1. The largest absolute Gasteiger partial charge is 0.495 e. The van der Waals surface area contributed by atoms with Gasteiger partial charge in [-0.1, -0.05) is 12.1 Å². The first kappa shape index (κ1) is 22.4. The van der Waals surface area contributed by atoms with E-state index >= 15 is 0 Å². The molecule has 1 heterocycles. The molecule has 2 aromatic carbocycles. The van der Waals surface area contributed by atoms with Crippen LogP contribution in [0, 0.1) is 5.82 Å². The van der Waals surface area contributed by atoms with Gasteiger partial charge >= 0.3 is 0 Å². The maximum absolute atomic E-state index is 13.1. The van der Waals surface area contributed by atoms with Crippen LogP contribution >= 0.6 is 11.3 Å². The van der Waals surface area contributed by atoms with Crippen LogP contribution < -0.4 is 20.3 Å². The quantitative estimate of drug-likeness (QED) is 0.466. The summed E-state index contributed by atoms with van der Waals surface area (Å²) in [6, 6.07) is 12.9. The van der Waals surface area contributed by atoms with Gasteiger partial charge in [-0.15, -0.1) is 16.2 Å². The third-order valence-corrected chi connectivity index (χ3v) is 6.43. The second-order valence-corrected chi connectivity index (χ2v) is 9.04. The Morgan fingerprint density at radius 1 is 1.03 bits per heavy atom. The molecule has 0 aliphatic heterocycles. The third kappa shape index (κ3) is 5.45. The normalized spacial score (nSPS) is 11.1. The van der Waals surface area contributed by atoms with Crippen molar-refractivity contribution in [1.82, 2.24) is 10.3 Å². The van der Waals surface area contributed by atoms with Gasteiger partial charge in [0.05, 0.1) is 22.6 Å². The van der Waals surface area contributed by atoms with Gasteiger partial charge in [0.25, 0.3) is 15.9 Å². The Hall–Kier alpha value is -3.28. The van der Waals surface area contributed by atoms with Crippen LogP contribution in [0.25, 0.3) is 10.4 Å². The van der Waals surface area contributed by atoms with E-state index in [1.54, 1.807) is 18.2 Å². The lowest BCUT2D eigenvalue weighted by molar-refractivity contribution is -0.114. The number of carbonyl (C=O) groups excluding carboxylic acids is 2. The number of methoxy groups -OCH3 is 1. The highest BCUT2D eigenvalue weighted by atomic mass is 32.2. The average Bonchev–Trinajstić information content (AvgIpc) is 3.22. The summed E-state index contributed by atoms with van der Waals surface area (Å²) in [4.78, 5) is 26.5. The molecule has 162 valence electrons. The molecular weight excluding hydrogens is 445 g/mol. The van der Waals surface area contributed by atoms with Crippen molar-refractivity contribution in [3.63, 3.8) is 0 Å². The highest BCUT2D eigenvalue weighted by Gasteiger charge is 2.19. The second-order valence-electron chi connectivity index (χ2n) is 6.27. The van der Waals surface area contributed by atoms with Crippen molar-refractivity contribution >= 4 is 38.9 Å². The Balaban J connectivity index is 1.72. The Bertz CT molecular complexity index is 1220. The molecule has 0 spiro atoms. The van der Waals surface area contributed by atoms with Crippen LogP contribution in [0.5, 0.6) is 5.75 Å². The van der Waals surface area contributed by atoms with Gasteiger partial charge in [-0.05, 0) is 48.0 Å². The van der Waals surface area contributed by atoms with Gasteiger partial charge in [0.2, 0.25) is 5.91 Å². The number of hydrogen-bond acceptors (Lipinski definition) is 6. The van der Waals surface area contributed by atoms with E-state index in [1.165, 1.54) is 50.4 Å². The summed E-state index contributed by atoms with van der Waals surface area (Å²) in [7, 11) is -2.74. The predicted molar refractivity (Wildman–Crippen MR) is 115 cm³/mol. The molecule has 31 heavy (non-hydrogen) atoms. The lowest BCUT2D eigenvalue weighted by atomic mass is 10.2. The summed E-state index contributed by atoms with van der Waals surface area (Å²) in [6.07, 6.45) is 0. The summed E-state index contributed by atoms with van der Waals surface area (Å²) < 4.78 is 43.3. The highest BCUT2D eigenvalue weighted by molar-refractivity contribution is 7.89. The Kier molecular flexibility index (Phi) is 6.68. The molecule has 8 nitrogen and oxygen atoms in total. The fourth-order valence-corrected chi connectivity index (χ4v) is 4.38. The van der Waals surface area contributed by atoms with E-state index in [2.05, 4.69) is 10.7 Å². The van der Waals surface area contributed by atoms with Crippen molar-refractivity contribution in [2.24, 2.45) is 0 Å². The Morgan fingerprint density at radius 3 is 2.39 bits per heavy atom. The fraction of sp³-hybridized carbons (Fsp3) is 0.100. The minimum atomic E-state index is -4.12. The van der Waals surface area contributed by atoms with Gasteiger partial charge in [-0.2, -0.15) is 0 Å². The maximum Gasteiger partial charge on any atom is 0.276 e. The lowest BCUT2D eigenvalue weighted by Gasteiger charge is -2.12. The van der Waals surface area contributed by atoms with E-state index in [0.29, 0.717) is 0 Å². The number of benzene rings is 2. The molecule has 0 aliphatic rings. The van der Waals surface area contributed by atoms with Crippen LogP contribution in [-0.2, 0) is 14.8 Å². The van der Waals surface area contributed by atoms with Crippen LogP contribution in [0.1, 0.15) is 16.6 Å². The zero-order valence-corrected chi connectivity index (χ0v) is 18.1. The molecule has 0 bridgehead atoms. The Labute approximate surface area is 182 Å². The number of sulfonamides is 1. The molecule has 0 saturated carbocycles. The molecule has 3 rings (SSSR count). The number of ether oxygens (including phenoxy) is 1. The zero-order chi connectivity index (χ0) is 22.6. The third-order valence-electron chi connectivity index (χ3n) is 4.05. The summed E-state index contributed by atoms with van der Waals surface area (Å²) in [5.74, 6) is -1.14. The number of nitrogens with one attached hydrogen (secondary N) is 3. The van der Waals surface area contributed by atoms with Gasteiger partial charge in [0.15, 0.2) is 0 Å². The zero-order valence-electron chi connectivity index (χ0n) is 16.4. The maximum atomic E-state index is 13.1. The van der Waals surface area contributed by atoms with Gasteiger partial charge < -0.3 is 10.1 Å².